The Hall–Kier alpha value is -0.890. The Bertz CT molecular complexity index is 362. The van der Waals surface area contributed by atoms with Crippen molar-refractivity contribution >= 4 is 0 Å². The predicted octanol–water partition coefficient (Wildman–Crippen LogP) is 3.27. The number of rotatable bonds is 4. The topological polar surface area (TPSA) is 24.9 Å². The molecule has 1 heterocycles. The fourth-order valence-electron chi connectivity index (χ4n) is 3.03. The van der Waals surface area contributed by atoms with Crippen molar-refractivity contribution in [2.75, 3.05) is 6.54 Å². The largest absolute Gasteiger partial charge is 0.314 e. The molecular formula is C15H24N2. The molecule has 0 aliphatic heterocycles. The number of nitrogens with zero attached hydrogens (tertiary/aromatic N) is 1. The molecule has 1 saturated carbocycles. The van der Waals surface area contributed by atoms with Crippen molar-refractivity contribution < 1.29 is 0 Å². The number of nitrogens with one attached hydrogen (secondary N) is 1. The molecule has 0 bridgehead atoms. The summed E-state index contributed by atoms with van der Waals surface area (Å²) in [6.07, 6.45) is 7.82. The summed E-state index contributed by atoms with van der Waals surface area (Å²) in [7, 11) is 0. The smallest absolute Gasteiger partial charge is 0.0303 e. The molecule has 1 aliphatic carbocycles. The van der Waals surface area contributed by atoms with Crippen molar-refractivity contribution in [3.05, 3.63) is 29.6 Å². The van der Waals surface area contributed by atoms with Gasteiger partial charge < -0.3 is 5.32 Å². The Morgan fingerprint density at radius 3 is 2.88 bits per heavy atom. The molecule has 0 radical (unpaired) electrons. The molecule has 1 N–H and O–H groups in total. The molecule has 0 saturated heterocycles. The minimum Gasteiger partial charge on any atom is -0.314 e. The lowest BCUT2D eigenvalue weighted by Gasteiger charge is -2.22. The van der Waals surface area contributed by atoms with Gasteiger partial charge in [0.25, 0.3) is 0 Å². The summed E-state index contributed by atoms with van der Waals surface area (Å²) >= 11 is 0. The van der Waals surface area contributed by atoms with Gasteiger partial charge >= 0.3 is 0 Å². The van der Waals surface area contributed by atoms with E-state index in [2.05, 4.69) is 43.3 Å². The zero-order valence-corrected chi connectivity index (χ0v) is 11.2. The molecule has 1 aromatic heterocycles. The zero-order valence-electron chi connectivity index (χ0n) is 11.2. The van der Waals surface area contributed by atoms with E-state index in [1.807, 2.05) is 6.20 Å². The maximum absolute atomic E-state index is 4.33. The van der Waals surface area contributed by atoms with Crippen LogP contribution in [0.1, 0.15) is 50.2 Å². The minimum atomic E-state index is 0.691. The van der Waals surface area contributed by atoms with Gasteiger partial charge in [-0.05, 0) is 55.7 Å². The maximum Gasteiger partial charge on any atom is 0.0303 e. The molecule has 1 fully saturated rings. The second-order valence-electron chi connectivity index (χ2n) is 5.40. The Morgan fingerprint density at radius 2 is 2.18 bits per heavy atom. The standard InChI is InChI=1S/C15H24N2/c1-4-7-17-15-6-5-14(12(15)3)13-8-11(2)9-16-10-13/h8-10,12,14-15,17H,4-7H2,1-3H3. The number of aryl methyl sites for hydroxylation is 1. The summed E-state index contributed by atoms with van der Waals surface area (Å²) in [5.41, 5.74) is 2.71. The third-order valence-corrected chi connectivity index (χ3v) is 4.04. The molecule has 1 aliphatic rings. The van der Waals surface area contributed by atoms with Gasteiger partial charge in [-0.15, -0.1) is 0 Å². The van der Waals surface area contributed by atoms with Gasteiger partial charge in [0.15, 0.2) is 0 Å². The molecule has 0 aromatic carbocycles. The summed E-state index contributed by atoms with van der Waals surface area (Å²) < 4.78 is 0. The van der Waals surface area contributed by atoms with E-state index < -0.39 is 0 Å². The summed E-state index contributed by atoms with van der Waals surface area (Å²) in [5, 5.41) is 3.67. The Morgan fingerprint density at radius 1 is 1.35 bits per heavy atom. The third-order valence-electron chi connectivity index (χ3n) is 4.04. The molecular weight excluding hydrogens is 208 g/mol. The van der Waals surface area contributed by atoms with Crippen LogP contribution in [0, 0.1) is 12.8 Å². The second kappa shape index (κ2) is 5.63. The van der Waals surface area contributed by atoms with Crippen LogP contribution in [-0.4, -0.2) is 17.6 Å². The highest BCUT2D eigenvalue weighted by molar-refractivity contribution is 5.23. The van der Waals surface area contributed by atoms with E-state index in [1.165, 1.54) is 30.4 Å². The molecule has 0 spiro atoms. The van der Waals surface area contributed by atoms with Crippen LogP contribution in [0.2, 0.25) is 0 Å². The van der Waals surface area contributed by atoms with Gasteiger partial charge in [0.05, 0.1) is 0 Å². The van der Waals surface area contributed by atoms with Crippen LogP contribution in [0.4, 0.5) is 0 Å². The van der Waals surface area contributed by atoms with E-state index in [-0.39, 0.29) is 0 Å². The van der Waals surface area contributed by atoms with E-state index in [9.17, 15) is 0 Å². The van der Waals surface area contributed by atoms with Crippen molar-refractivity contribution in [2.45, 2.75) is 52.0 Å². The van der Waals surface area contributed by atoms with Crippen LogP contribution in [-0.2, 0) is 0 Å². The van der Waals surface area contributed by atoms with Gasteiger partial charge in [-0.3, -0.25) is 4.98 Å². The molecule has 3 unspecified atom stereocenters. The Labute approximate surface area is 105 Å². The average molecular weight is 232 g/mol. The summed E-state index contributed by atoms with van der Waals surface area (Å²) in [4.78, 5) is 4.33. The fraction of sp³-hybridized carbons (Fsp3) is 0.667. The van der Waals surface area contributed by atoms with Gasteiger partial charge in [-0.2, -0.15) is 0 Å². The summed E-state index contributed by atoms with van der Waals surface area (Å²) in [6, 6.07) is 3.00. The third kappa shape index (κ3) is 2.86. The first-order valence-corrected chi connectivity index (χ1v) is 6.87. The molecule has 17 heavy (non-hydrogen) atoms. The summed E-state index contributed by atoms with van der Waals surface area (Å²) in [5.74, 6) is 1.42. The molecule has 1 aromatic rings. The molecule has 2 heteroatoms. The normalized spacial score (nSPS) is 28.5. The van der Waals surface area contributed by atoms with Gasteiger partial charge in [0.1, 0.15) is 0 Å². The lowest BCUT2D eigenvalue weighted by atomic mass is 9.89. The van der Waals surface area contributed by atoms with Crippen molar-refractivity contribution in [1.82, 2.24) is 10.3 Å². The second-order valence-corrected chi connectivity index (χ2v) is 5.40. The predicted molar refractivity (Wildman–Crippen MR) is 72.2 cm³/mol. The van der Waals surface area contributed by atoms with Gasteiger partial charge in [0.2, 0.25) is 0 Å². The summed E-state index contributed by atoms with van der Waals surface area (Å²) in [6.45, 7) is 7.89. The van der Waals surface area contributed by atoms with Gasteiger partial charge in [0, 0.05) is 18.4 Å². The first kappa shape index (κ1) is 12.6. The number of hydrogen-bond acceptors (Lipinski definition) is 2. The first-order valence-electron chi connectivity index (χ1n) is 6.87. The highest BCUT2D eigenvalue weighted by Gasteiger charge is 2.33. The molecule has 2 rings (SSSR count). The lowest BCUT2D eigenvalue weighted by Crippen LogP contribution is -2.32. The van der Waals surface area contributed by atoms with Crippen molar-refractivity contribution in [3.8, 4) is 0 Å². The highest BCUT2D eigenvalue weighted by atomic mass is 14.9. The van der Waals surface area contributed by atoms with E-state index >= 15 is 0 Å². The number of aromatic nitrogens is 1. The average Bonchev–Trinajstić information content (AvgIpc) is 2.68. The van der Waals surface area contributed by atoms with Gasteiger partial charge in [-0.1, -0.05) is 19.9 Å². The highest BCUT2D eigenvalue weighted by Crippen LogP contribution is 2.39. The zero-order chi connectivity index (χ0) is 12.3. The Balaban J connectivity index is 2.04. The van der Waals surface area contributed by atoms with Crippen LogP contribution >= 0.6 is 0 Å². The van der Waals surface area contributed by atoms with Crippen LogP contribution in [0.5, 0.6) is 0 Å². The van der Waals surface area contributed by atoms with Crippen LogP contribution in [0.25, 0.3) is 0 Å². The van der Waals surface area contributed by atoms with Crippen molar-refractivity contribution in [1.29, 1.82) is 0 Å². The van der Waals surface area contributed by atoms with E-state index in [0.717, 1.165) is 12.5 Å². The molecule has 3 atom stereocenters. The lowest BCUT2D eigenvalue weighted by molar-refractivity contribution is 0.404. The first-order chi connectivity index (χ1) is 8.22. The quantitative estimate of drug-likeness (QED) is 0.862. The SMILES string of the molecule is CCCNC1CCC(c2cncc(C)c2)C1C. The number of pyridine rings is 1. The van der Waals surface area contributed by atoms with Crippen molar-refractivity contribution in [2.24, 2.45) is 5.92 Å². The Kier molecular flexibility index (Phi) is 4.16. The van der Waals surface area contributed by atoms with Gasteiger partial charge in [-0.25, -0.2) is 0 Å². The maximum atomic E-state index is 4.33. The minimum absolute atomic E-state index is 0.691. The van der Waals surface area contributed by atoms with E-state index in [4.69, 9.17) is 0 Å². The van der Waals surface area contributed by atoms with Crippen LogP contribution in [0.15, 0.2) is 18.5 Å². The van der Waals surface area contributed by atoms with E-state index in [1.54, 1.807) is 0 Å². The van der Waals surface area contributed by atoms with Crippen LogP contribution < -0.4 is 5.32 Å². The monoisotopic (exact) mass is 232 g/mol. The van der Waals surface area contributed by atoms with Crippen molar-refractivity contribution in [3.63, 3.8) is 0 Å². The van der Waals surface area contributed by atoms with E-state index in [0.29, 0.717) is 12.0 Å². The van der Waals surface area contributed by atoms with Crippen LogP contribution in [0.3, 0.4) is 0 Å². The number of hydrogen-bond donors (Lipinski definition) is 1. The molecule has 0 amide bonds. The fourth-order valence-corrected chi connectivity index (χ4v) is 3.03. The molecule has 94 valence electrons. The molecule has 2 nitrogen and oxygen atoms in total.